The Kier molecular flexibility index (Phi) is 3.89. The molecule has 0 spiro atoms. The van der Waals surface area contributed by atoms with Gasteiger partial charge in [-0.3, -0.25) is 0 Å². The largest absolute Gasteiger partial charge is 0.0622 e. The first-order chi connectivity index (χ1) is 14.9. The number of fused-ring (bicyclic) bond motifs is 3. The molecule has 0 aromatic heterocycles. The molecule has 30 heavy (non-hydrogen) atoms. The first kappa shape index (κ1) is 17.0. The quantitative estimate of drug-likeness (QED) is 0.343. The van der Waals surface area contributed by atoms with Crippen molar-refractivity contribution in [2.24, 2.45) is 0 Å². The lowest BCUT2D eigenvalue weighted by molar-refractivity contribution is 1.57. The lowest BCUT2D eigenvalue weighted by Crippen LogP contribution is -1.93. The molecule has 140 valence electrons. The van der Waals surface area contributed by atoms with Gasteiger partial charge >= 0.3 is 0 Å². The second kappa shape index (κ2) is 6.86. The zero-order chi connectivity index (χ0) is 19.9. The third kappa shape index (κ3) is 2.54. The van der Waals surface area contributed by atoms with Crippen LogP contribution in [0, 0.1) is 0 Å². The van der Waals surface area contributed by atoms with Crippen LogP contribution in [0.25, 0.3) is 28.4 Å². The van der Waals surface area contributed by atoms with Crippen LogP contribution in [0.1, 0.15) is 27.8 Å². The molecule has 6 rings (SSSR count). The minimum absolute atomic E-state index is 1.26. The van der Waals surface area contributed by atoms with Gasteiger partial charge in [0, 0.05) is 0 Å². The van der Waals surface area contributed by atoms with Gasteiger partial charge in [-0.1, -0.05) is 115 Å². The second-order valence-corrected chi connectivity index (χ2v) is 7.74. The van der Waals surface area contributed by atoms with Crippen molar-refractivity contribution in [1.82, 2.24) is 0 Å². The summed E-state index contributed by atoms with van der Waals surface area (Å²) in [5.74, 6) is 0. The van der Waals surface area contributed by atoms with Crippen LogP contribution in [0.4, 0.5) is 0 Å². The van der Waals surface area contributed by atoms with E-state index >= 15 is 0 Å². The molecule has 4 aromatic carbocycles. The zero-order valence-corrected chi connectivity index (χ0v) is 16.5. The Labute approximate surface area is 177 Å². The van der Waals surface area contributed by atoms with Crippen molar-refractivity contribution in [3.8, 4) is 0 Å². The van der Waals surface area contributed by atoms with E-state index in [9.17, 15) is 0 Å². The topological polar surface area (TPSA) is 0 Å². The van der Waals surface area contributed by atoms with Crippen molar-refractivity contribution in [1.29, 1.82) is 0 Å². The summed E-state index contributed by atoms with van der Waals surface area (Å²) in [4.78, 5) is 0. The van der Waals surface area contributed by atoms with Crippen molar-refractivity contribution in [2.75, 3.05) is 0 Å². The number of allylic oxidation sites excluding steroid dienone is 5. The second-order valence-electron chi connectivity index (χ2n) is 7.74. The minimum Gasteiger partial charge on any atom is -0.0622 e. The SMILES string of the molecule is C1=C2C(c3ccccc3)=C(c3ccccc3)C(c3ccccc3)=C2c2ccccc21. The smallest absolute Gasteiger partial charge is 0.00137 e. The van der Waals surface area contributed by atoms with Crippen LogP contribution in [0.15, 0.2) is 121 Å². The Morgan fingerprint density at radius 2 is 0.767 bits per heavy atom. The molecule has 0 atom stereocenters. The Morgan fingerprint density at radius 1 is 0.333 bits per heavy atom. The number of hydrogen-bond acceptors (Lipinski definition) is 0. The lowest BCUT2D eigenvalue weighted by Gasteiger charge is -2.14. The fourth-order valence-electron chi connectivity index (χ4n) is 4.77. The van der Waals surface area contributed by atoms with Crippen LogP contribution in [-0.4, -0.2) is 0 Å². The highest BCUT2D eigenvalue weighted by molar-refractivity contribution is 6.37. The first-order valence-corrected chi connectivity index (χ1v) is 10.4. The maximum Gasteiger partial charge on any atom is -0.00137 e. The summed E-state index contributed by atoms with van der Waals surface area (Å²) in [6.45, 7) is 0. The van der Waals surface area contributed by atoms with E-state index < -0.39 is 0 Å². The van der Waals surface area contributed by atoms with Crippen LogP contribution in [0.3, 0.4) is 0 Å². The predicted molar refractivity (Wildman–Crippen MR) is 127 cm³/mol. The molecule has 0 aliphatic heterocycles. The van der Waals surface area contributed by atoms with Gasteiger partial charge in [0.2, 0.25) is 0 Å². The van der Waals surface area contributed by atoms with E-state index in [1.807, 2.05) is 0 Å². The van der Waals surface area contributed by atoms with Gasteiger partial charge in [-0.2, -0.15) is 0 Å². The molecule has 0 saturated carbocycles. The molecule has 0 fully saturated rings. The monoisotopic (exact) mass is 380 g/mol. The van der Waals surface area contributed by atoms with Crippen molar-refractivity contribution < 1.29 is 0 Å². The summed E-state index contributed by atoms with van der Waals surface area (Å²) < 4.78 is 0. The Bertz CT molecular complexity index is 1340. The van der Waals surface area contributed by atoms with Gasteiger partial charge in [0.15, 0.2) is 0 Å². The minimum atomic E-state index is 1.26. The molecule has 0 heterocycles. The van der Waals surface area contributed by atoms with Crippen molar-refractivity contribution in [3.63, 3.8) is 0 Å². The van der Waals surface area contributed by atoms with E-state index in [-0.39, 0.29) is 0 Å². The Hall–Kier alpha value is -3.90. The highest BCUT2D eigenvalue weighted by atomic mass is 14.4. The summed E-state index contributed by atoms with van der Waals surface area (Å²) in [6.07, 6.45) is 2.37. The lowest BCUT2D eigenvalue weighted by atomic mass is 9.88. The van der Waals surface area contributed by atoms with E-state index in [2.05, 4.69) is 121 Å². The fourth-order valence-corrected chi connectivity index (χ4v) is 4.77. The number of rotatable bonds is 3. The highest BCUT2D eigenvalue weighted by Gasteiger charge is 2.35. The van der Waals surface area contributed by atoms with Gasteiger partial charge in [0.25, 0.3) is 0 Å². The van der Waals surface area contributed by atoms with E-state index in [0.29, 0.717) is 0 Å². The molecule has 0 saturated heterocycles. The van der Waals surface area contributed by atoms with Crippen molar-refractivity contribution >= 4 is 28.4 Å². The third-order valence-corrected chi connectivity index (χ3v) is 6.01. The Balaban J connectivity index is 1.75. The van der Waals surface area contributed by atoms with Crippen LogP contribution < -0.4 is 0 Å². The average molecular weight is 380 g/mol. The number of benzene rings is 4. The molecule has 0 radical (unpaired) electrons. The molecule has 2 aliphatic rings. The number of hydrogen-bond donors (Lipinski definition) is 0. The summed E-state index contributed by atoms with van der Waals surface area (Å²) in [7, 11) is 0. The summed E-state index contributed by atoms with van der Waals surface area (Å²) in [6, 6.07) is 41.2. The summed E-state index contributed by atoms with van der Waals surface area (Å²) >= 11 is 0. The normalized spacial score (nSPS) is 14.6. The summed E-state index contributed by atoms with van der Waals surface area (Å²) in [5.41, 5.74) is 13.1. The molecular formula is C30H20. The van der Waals surface area contributed by atoms with Crippen LogP contribution >= 0.6 is 0 Å². The van der Waals surface area contributed by atoms with Gasteiger partial charge in [0.05, 0.1) is 0 Å². The molecule has 4 aromatic rings. The zero-order valence-electron chi connectivity index (χ0n) is 16.5. The molecule has 0 nitrogen and oxygen atoms in total. The third-order valence-electron chi connectivity index (χ3n) is 6.01. The molecule has 2 aliphatic carbocycles. The van der Waals surface area contributed by atoms with Crippen LogP contribution in [0.5, 0.6) is 0 Å². The van der Waals surface area contributed by atoms with Gasteiger partial charge in [0.1, 0.15) is 0 Å². The van der Waals surface area contributed by atoms with E-state index in [0.717, 1.165) is 0 Å². The molecule has 0 heteroatoms. The first-order valence-electron chi connectivity index (χ1n) is 10.4. The molecule has 0 unspecified atom stereocenters. The van der Waals surface area contributed by atoms with E-state index in [4.69, 9.17) is 0 Å². The maximum atomic E-state index is 2.37. The fraction of sp³-hybridized carbons (Fsp3) is 0. The molecule has 0 amide bonds. The standard InChI is InChI=1S/C30H20/c1-4-12-21(13-5-1)27-26-20-24-18-10-11-19-25(24)30(26)29(23-16-8-3-9-17-23)28(27)22-14-6-2-7-15-22/h1-20H. The van der Waals surface area contributed by atoms with Crippen LogP contribution in [-0.2, 0) is 0 Å². The Morgan fingerprint density at radius 3 is 1.33 bits per heavy atom. The molecule has 0 bridgehead atoms. The molecule has 0 N–H and O–H groups in total. The molecular weight excluding hydrogens is 360 g/mol. The van der Waals surface area contributed by atoms with E-state index in [1.54, 1.807) is 0 Å². The van der Waals surface area contributed by atoms with Crippen molar-refractivity contribution in [2.45, 2.75) is 0 Å². The predicted octanol–water partition coefficient (Wildman–Crippen LogP) is 7.62. The highest BCUT2D eigenvalue weighted by Crippen LogP contribution is 2.57. The van der Waals surface area contributed by atoms with Gasteiger partial charge in [-0.15, -0.1) is 0 Å². The van der Waals surface area contributed by atoms with Gasteiger partial charge in [-0.05, 0) is 61.8 Å². The maximum absolute atomic E-state index is 2.37. The van der Waals surface area contributed by atoms with Crippen molar-refractivity contribution in [3.05, 3.63) is 149 Å². The van der Waals surface area contributed by atoms with Crippen LogP contribution in [0.2, 0.25) is 0 Å². The van der Waals surface area contributed by atoms with E-state index in [1.165, 1.54) is 55.7 Å². The van der Waals surface area contributed by atoms with Gasteiger partial charge in [-0.25, -0.2) is 0 Å². The van der Waals surface area contributed by atoms with Gasteiger partial charge < -0.3 is 0 Å². The average Bonchev–Trinajstić information content (AvgIpc) is 3.35. The summed E-state index contributed by atoms with van der Waals surface area (Å²) in [5, 5.41) is 0.